The van der Waals surface area contributed by atoms with Crippen LogP contribution < -0.4 is 5.32 Å². The van der Waals surface area contributed by atoms with Crippen molar-refractivity contribution in [2.45, 2.75) is 44.9 Å². The lowest BCUT2D eigenvalue weighted by atomic mass is 10.0. The Morgan fingerprint density at radius 3 is 2.53 bits per heavy atom. The van der Waals surface area contributed by atoms with Crippen LogP contribution in [0.5, 0.6) is 0 Å². The van der Waals surface area contributed by atoms with Gasteiger partial charge in [0.2, 0.25) is 0 Å². The highest BCUT2D eigenvalue weighted by Crippen LogP contribution is 2.17. The molecule has 17 heavy (non-hydrogen) atoms. The quantitative estimate of drug-likeness (QED) is 0.794. The van der Waals surface area contributed by atoms with Crippen molar-refractivity contribution < 1.29 is 14.3 Å². The fraction of sp³-hybridized carbons (Fsp3) is 0.917. The summed E-state index contributed by atoms with van der Waals surface area (Å²) in [4.78, 5) is 13.6. The molecule has 0 aromatic rings. The second-order valence-electron chi connectivity index (χ2n) is 5.38. The standard InChI is InChI=1S/C12H24N2O3/c1-12(2,3)17-11(15)14-7-6-9(13-4)10(8-14)16-5/h9-10,13H,6-8H2,1-5H3/t9-,10+/m1/s1. The molecule has 0 spiro atoms. The van der Waals surface area contributed by atoms with E-state index in [2.05, 4.69) is 5.32 Å². The highest BCUT2D eigenvalue weighted by Gasteiger charge is 2.32. The van der Waals surface area contributed by atoms with E-state index in [1.165, 1.54) is 0 Å². The minimum atomic E-state index is -0.445. The summed E-state index contributed by atoms with van der Waals surface area (Å²) in [5, 5.41) is 3.21. The Balaban J connectivity index is 2.54. The first-order valence-electron chi connectivity index (χ1n) is 6.05. The minimum Gasteiger partial charge on any atom is -0.444 e. The second kappa shape index (κ2) is 5.69. The topological polar surface area (TPSA) is 50.8 Å². The molecule has 1 N–H and O–H groups in total. The van der Waals surface area contributed by atoms with Crippen LogP contribution in [0, 0.1) is 0 Å². The zero-order valence-electron chi connectivity index (χ0n) is 11.4. The summed E-state index contributed by atoms with van der Waals surface area (Å²) >= 11 is 0. The van der Waals surface area contributed by atoms with Crippen molar-refractivity contribution in [1.29, 1.82) is 0 Å². The van der Waals surface area contributed by atoms with Gasteiger partial charge in [-0.15, -0.1) is 0 Å². The summed E-state index contributed by atoms with van der Waals surface area (Å²) in [7, 11) is 3.59. The SMILES string of the molecule is CN[C@@H]1CCN(C(=O)OC(C)(C)C)C[C@@H]1OC. The third-order valence-electron chi connectivity index (χ3n) is 2.88. The molecule has 1 aliphatic rings. The van der Waals surface area contributed by atoms with Gasteiger partial charge in [0.25, 0.3) is 0 Å². The molecule has 5 nitrogen and oxygen atoms in total. The first kappa shape index (κ1) is 14.3. The van der Waals surface area contributed by atoms with Crippen LogP contribution in [0.2, 0.25) is 0 Å². The van der Waals surface area contributed by atoms with Gasteiger partial charge in [-0.3, -0.25) is 0 Å². The maximum Gasteiger partial charge on any atom is 0.410 e. The molecule has 0 aromatic carbocycles. The van der Waals surface area contributed by atoms with Crippen LogP contribution in [0.15, 0.2) is 0 Å². The number of nitrogens with one attached hydrogen (secondary N) is 1. The van der Waals surface area contributed by atoms with E-state index in [4.69, 9.17) is 9.47 Å². The Labute approximate surface area is 103 Å². The number of piperidine rings is 1. The number of rotatable bonds is 2. The first-order chi connectivity index (χ1) is 7.87. The summed E-state index contributed by atoms with van der Waals surface area (Å²) in [5.41, 5.74) is -0.445. The summed E-state index contributed by atoms with van der Waals surface area (Å²) in [6.45, 7) is 6.91. The van der Waals surface area contributed by atoms with E-state index in [0.717, 1.165) is 6.42 Å². The lowest BCUT2D eigenvalue weighted by molar-refractivity contribution is -0.0170. The average molecular weight is 244 g/mol. The van der Waals surface area contributed by atoms with Crippen molar-refractivity contribution in [2.24, 2.45) is 0 Å². The van der Waals surface area contributed by atoms with E-state index in [9.17, 15) is 4.79 Å². The predicted octanol–water partition coefficient (Wildman–Crippen LogP) is 1.23. The van der Waals surface area contributed by atoms with Crippen molar-refractivity contribution >= 4 is 6.09 Å². The highest BCUT2D eigenvalue weighted by molar-refractivity contribution is 5.68. The molecule has 1 heterocycles. The van der Waals surface area contributed by atoms with Crippen LogP contribution in [0.4, 0.5) is 4.79 Å². The zero-order valence-corrected chi connectivity index (χ0v) is 11.4. The van der Waals surface area contributed by atoms with Gasteiger partial charge in [-0.25, -0.2) is 4.79 Å². The van der Waals surface area contributed by atoms with Crippen molar-refractivity contribution in [3.8, 4) is 0 Å². The molecule has 0 saturated carbocycles. The van der Waals surface area contributed by atoms with Crippen molar-refractivity contribution in [2.75, 3.05) is 27.2 Å². The van der Waals surface area contributed by atoms with Gasteiger partial charge in [0.05, 0.1) is 12.6 Å². The number of methoxy groups -OCH3 is 1. The molecular formula is C12H24N2O3. The molecule has 0 unspecified atom stereocenters. The van der Waals surface area contributed by atoms with Crippen LogP contribution >= 0.6 is 0 Å². The van der Waals surface area contributed by atoms with Crippen LogP contribution in [-0.4, -0.2) is 56.0 Å². The molecule has 1 fully saturated rings. The van der Waals surface area contributed by atoms with E-state index in [0.29, 0.717) is 19.1 Å². The normalized spacial score (nSPS) is 25.8. The molecule has 100 valence electrons. The monoisotopic (exact) mass is 244 g/mol. The number of ether oxygens (including phenoxy) is 2. The zero-order chi connectivity index (χ0) is 13.1. The first-order valence-corrected chi connectivity index (χ1v) is 6.05. The summed E-state index contributed by atoms with van der Waals surface area (Å²) < 4.78 is 10.7. The van der Waals surface area contributed by atoms with Gasteiger partial charge in [-0.05, 0) is 34.2 Å². The van der Waals surface area contributed by atoms with E-state index in [1.807, 2.05) is 27.8 Å². The lowest BCUT2D eigenvalue weighted by Gasteiger charge is -2.38. The fourth-order valence-electron chi connectivity index (χ4n) is 1.98. The van der Waals surface area contributed by atoms with Crippen LogP contribution in [0.1, 0.15) is 27.2 Å². The van der Waals surface area contributed by atoms with Gasteiger partial charge in [0.15, 0.2) is 0 Å². The number of hydrogen-bond donors (Lipinski definition) is 1. The van der Waals surface area contributed by atoms with E-state index < -0.39 is 5.60 Å². The molecule has 1 saturated heterocycles. The summed E-state index contributed by atoms with van der Waals surface area (Å²) in [6, 6.07) is 0.304. The largest absolute Gasteiger partial charge is 0.444 e. The molecule has 1 rings (SSSR count). The number of nitrogens with zero attached hydrogens (tertiary/aromatic N) is 1. The maximum absolute atomic E-state index is 11.9. The van der Waals surface area contributed by atoms with Crippen LogP contribution in [0.25, 0.3) is 0 Å². The third-order valence-corrected chi connectivity index (χ3v) is 2.88. The van der Waals surface area contributed by atoms with Crippen molar-refractivity contribution in [1.82, 2.24) is 10.2 Å². The Bertz CT molecular complexity index is 263. The van der Waals surface area contributed by atoms with E-state index >= 15 is 0 Å². The Morgan fingerprint density at radius 1 is 1.41 bits per heavy atom. The van der Waals surface area contributed by atoms with Gasteiger partial charge in [0, 0.05) is 19.7 Å². The summed E-state index contributed by atoms with van der Waals surface area (Å²) in [5.74, 6) is 0. The van der Waals surface area contributed by atoms with E-state index in [1.54, 1.807) is 12.0 Å². The van der Waals surface area contributed by atoms with Crippen molar-refractivity contribution in [3.05, 3.63) is 0 Å². The lowest BCUT2D eigenvalue weighted by Crippen LogP contribution is -2.54. The molecule has 0 aromatic heterocycles. The molecule has 0 bridgehead atoms. The van der Waals surface area contributed by atoms with Gasteiger partial charge >= 0.3 is 6.09 Å². The van der Waals surface area contributed by atoms with Gasteiger partial charge in [0.1, 0.15) is 5.60 Å². The van der Waals surface area contributed by atoms with Crippen LogP contribution in [0.3, 0.4) is 0 Å². The Kier molecular flexibility index (Phi) is 4.77. The summed E-state index contributed by atoms with van der Waals surface area (Å²) in [6.07, 6.45) is 0.657. The molecular weight excluding hydrogens is 220 g/mol. The molecule has 0 aliphatic carbocycles. The predicted molar refractivity (Wildman–Crippen MR) is 66.1 cm³/mol. The number of amides is 1. The van der Waals surface area contributed by atoms with Crippen molar-refractivity contribution in [3.63, 3.8) is 0 Å². The number of likely N-dealkylation sites (N-methyl/N-ethyl adjacent to an activating group) is 1. The average Bonchev–Trinajstić information content (AvgIpc) is 2.25. The fourth-order valence-corrected chi connectivity index (χ4v) is 1.98. The van der Waals surface area contributed by atoms with Crippen LogP contribution in [-0.2, 0) is 9.47 Å². The smallest absolute Gasteiger partial charge is 0.410 e. The van der Waals surface area contributed by atoms with Gasteiger partial charge in [-0.2, -0.15) is 0 Å². The van der Waals surface area contributed by atoms with E-state index in [-0.39, 0.29) is 12.2 Å². The molecule has 2 atom stereocenters. The Hall–Kier alpha value is -0.810. The van der Waals surface area contributed by atoms with Gasteiger partial charge < -0.3 is 19.7 Å². The number of hydrogen-bond acceptors (Lipinski definition) is 4. The maximum atomic E-state index is 11.9. The second-order valence-corrected chi connectivity index (χ2v) is 5.38. The van der Waals surface area contributed by atoms with Gasteiger partial charge in [-0.1, -0.05) is 0 Å². The Morgan fingerprint density at radius 2 is 2.06 bits per heavy atom. The highest BCUT2D eigenvalue weighted by atomic mass is 16.6. The molecule has 1 aliphatic heterocycles. The molecule has 1 amide bonds. The molecule has 0 radical (unpaired) electrons. The minimum absolute atomic E-state index is 0.0290. The number of likely N-dealkylation sites (tertiary alicyclic amines) is 1. The number of carbonyl (C=O) groups is 1. The number of carbonyl (C=O) groups excluding carboxylic acids is 1. The third kappa shape index (κ3) is 4.16. The molecule has 5 heteroatoms.